The zero-order valence-electron chi connectivity index (χ0n) is 18.0. The highest BCUT2D eigenvalue weighted by Crippen LogP contribution is 2.32. The smallest absolute Gasteiger partial charge is 0.163 e. The zero-order chi connectivity index (χ0) is 22.8. The predicted octanol–water partition coefficient (Wildman–Crippen LogP) is 7.51. The Balaban J connectivity index is 1.46. The molecule has 0 spiro atoms. The predicted molar refractivity (Wildman–Crippen MR) is 134 cm³/mol. The van der Waals surface area contributed by atoms with Gasteiger partial charge in [-0.2, -0.15) is 5.10 Å². The van der Waals surface area contributed by atoms with E-state index in [0.29, 0.717) is 11.6 Å². The van der Waals surface area contributed by atoms with E-state index in [1.807, 2.05) is 89.6 Å². The van der Waals surface area contributed by atoms with Crippen LogP contribution in [-0.2, 0) is 13.0 Å². The third-order valence-electron chi connectivity index (χ3n) is 5.53. The molecule has 0 bridgehead atoms. The summed E-state index contributed by atoms with van der Waals surface area (Å²) < 4.78 is 7.85. The van der Waals surface area contributed by atoms with Crippen molar-refractivity contribution in [3.63, 3.8) is 0 Å². The van der Waals surface area contributed by atoms with Gasteiger partial charge in [0.25, 0.3) is 0 Å². The monoisotopic (exact) mass is 473 g/mol. The molecule has 4 nitrogen and oxygen atoms in total. The van der Waals surface area contributed by atoms with Gasteiger partial charge in [-0.15, -0.1) is 0 Å². The molecule has 0 fully saturated rings. The maximum Gasteiger partial charge on any atom is 0.163 e. The molecule has 5 aromatic rings. The summed E-state index contributed by atoms with van der Waals surface area (Å²) in [6, 6.07) is 25.5. The van der Waals surface area contributed by atoms with Gasteiger partial charge in [0.05, 0.1) is 11.4 Å². The Kier molecular flexibility index (Phi) is 6.03. The second kappa shape index (κ2) is 9.26. The van der Waals surface area contributed by atoms with Crippen molar-refractivity contribution >= 4 is 28.8 Å². The third-order valence-corrected chi connectivity index (χ3v) is 6.03. The van der Waals surface area contributed by atoms with Crippen molar-refractivity contribution in [2.45, 2.75) is 20.0 Å². The van der Waals surface area contributed by atoms with E-state index in [2.05, 4.69) is 11.9 Å². The average Bonchev–Trinajstić information content (AvgIpc) is 3.23. The van der Waals surface area contributed by atoms with E-state index < -0.39 is 0 Å². The maximum atomic E-state index is 6.09. The molecule has 0 N–H and O–H groups in total. The fraction of sp³-hybridized carbons (Fsp3) is 0.111. The van der Waals surface area contributed by atoms with Crippen LogP contribution < -0.4 is 4.74 Å². The summed E-state index contributed by atoms with van der Waals surface area (Å²) in [5.41, 5.74) is 7.00. The van der Waals surface area contributed by atoms with Gasteiger partial charge < -0.3 is 4.74 Å². The number of fused-ring (bicyclic) bond motifs is 1. The van der Waals surface area contributed by atoms with Crippen molar-refractivity contribution in [3.05, 3.63) is 106 Å². The molecule has 0 atom stereocenters. The van der Waals surface area contributed by atoms with E-state index in [9.17, 15) is 0 Å². The molecule has 0 saturated heterocycles. The van der Waals surface area contributed by atoms with Crippen molar-refractivity contribution in [2.24, 2.45) is 0 Å². The minimum absolute atomic E-state index is 0.486. The molecule has 5 rings (SSSR count). The number of nitrogens with zero attached hydrogens (tertiary/aromatic N) is 3. The van der Waals surface area contributed by atoms with Crippen molar-refractivity contribution in [2.75, 3.05) is 0 Å². The van der Waals surface area contributed by atoms with Crippen LogP contribution in [0.2, 0.25) is 10.0 Å². The molecule has 0 aliphatic heterocycles. The third kappa shape index (κ3) is 4.45. The zero-order valence-corrected chi connectivity index (χ0v) is 19.5. The lowest BCUT2D eigenvalue weighted by Gasteiger charge is -2.09. The van der Waals surface area contributed by atoms with Gasteiger partial charge in [0.15, 0.2) is 5.65 Å². The summed E-state index contributed by atoms with van der Waals surface area (Å²) in [4.78, 5) is 4.65. The first kappa shape index (κ1) is 21.5. The molecule has 0 unspecified atom stereocenters. The largest absolute Gasteiger partial charge is 0.489 e. The Morgan fingerprint density at radius 1 is 0.788 bits per heavy atom. The molecule has 0 saturated carbocycles. The van der Waals surface area contributed by atoms with Crippen molar-refractivity contribution in [1.29, 1.82) is 0 Å². The van der Waals surface area contributed by atoms with Gasteiger partial charge in [-0.05, 0) is 72.1 Å². The molecule has 0 aliphatic rings. The maximum absolute atomic E-state index is 6.09. The van der Waals surface area contributed by atoms with Gasteiger partial charge in [-0.25, -0.2) is 9.50 Å². The summed E-state index contributed by atoms with van der Waals surface area (Å²) in [5.74, 6) is 0.801. The van der Waals surface area contributed by atoms with E-state index in [-0.39, 0.29) is 0 Å². The topological polar surface area (TPSA) is 39.4 Å². The van der Waals surface area contributed by atoms with Crippen LogP contribution in [0.1, 0.15) is 18.2 Å². The van der Waals surface area contributed by atoms with E-state index in [1.165, 1.54) is 0 Å². The molecule has 2 aromatic heterocycles. The van der Waals surface area contributed by atoms with Gasteiger partial charge in [0.2, 0.25) is 0 Å². The Hall–Kier alpha value is -3.34. The van der Waals surface area contributed by atoms with E-state index >= 15 is 0 Å². The fourth-order valence-corrected chi connectivity index (χ4v) is 4.09. The minimum atomic E-state index is 0.486. The first-order valence-corrected chi connectivity index (χ1v) is 11.5. The standard InChI is InChI=1S/C27H21Cl2N3O/c1-2-24-26(20-5-11-22(29)12-6-20)27-30-16-15-25(32(27)31-24)19-7-13-23(14-8-19)33-17-18-3-9-21(28)10-4-18/h3-16H,2,17H2,1H3. The summed E-state index contributed by atoms with van der Waals surface area (Å²) in [5, 5.41) is 6.32. The highest BCUT2D eigenvalue weighted by atomic mass is 35.5. The molecule has 0 amide bonds. The Labute approximate surface area is 202 Å². The van der Waals surface area contributed by atoms with Crippen LogP contribution in [0.3, 0.4) is 0 Å². The second-order valence-electron chi connectivity index (χ2n) is 7.69. The number of hydrogen-bond donors (Lipinski definition) is 0. The highest BCUT2D eigenvalue weighted by Gasteiger charge is 2.17. The van der Waals surface area contributed by atoms with E-state index in [1.54, 1.807) is 0 Å². The van der Waals surface area contributed by atoms with Crippen molar-refractivity contribution < 1.29 is 4.74 Å². The number of halogens is 2. The summed E-state index contributed by atoms with van der Waals surface area (Å²) in [6.07, 6.45) is 2.63. The van der Waals surface area contributed by atoms with Gasteiger partial charge >= 0.3 is 0 Å². The van der Waals surface area contributed by atoms with E-state index in [0.717, 1.165) is 56.5 Å². The van der Waals surface area contributed by atoms with Gasteiger partial charge in [0.1, 0.15) is 12.4 Å². The molecule has 2 heterocycles. The van der Waals surface area contributed by atoms with Crippen molar-refractivity contribution in [1.82, 2.24) is 14.6 Å². The summed E-state index contributed by atoms with van der Waals surface area (Å²) in [6.45, 7) is 2.59. The molecule has 3 aromatic carbocycles. The van der Waals surface area contributed by atoms with Crippen LogP contribution in [0.4, 0.5) is 0 Å². The van der Waals surface area contributed by atoms with Crippen LogP contribution in [0, 0.1) is 0 Å². The number of aromatic nitrogens is 3. The molecule has 6 heteroatoms. The second-order valence-corrected chi connectivity index (χ2v) is 8.56. The summed E-state index contributed by atoms with van der Waals surface area (Å²) >= 11 is 12.0. The van der Waals surface area contributed by atoms with Crippen LogP contribution >= 0.6 is 23.2 Å². The van der Waals surface area contributed by atoms with Crippen LogP contribution in [-0.4, -0.2) is 14.6 Å². The molecular weight excluding hydrogens is 453 g/mol. The lowest BCUT2D eigenvalue weighted by Crippen LogP contribution is -1.97. The number of rotatable bonds is 6. The average molecular weight is 474 g/mol. The Bertz CT molecular complexity index is 1390. The molecule has 0 aliphatic carbocycles. The lowest BCUT2D eigenvalue weighted by molar-refractivity contribution is 0.306. The van der Waals surface area contributed by atoms with Crippen LogP contribution in [0.15, 0.2) is 85.1 Å². The quantitative estimate of drug-likeness (QED) is 0.256. The van der Waals surface area contributed by atoms with E-state index in [4.69, 9.17) is 33.0 Å². The Morgan fingerprint density at radius 3 is 2.09 bits per heavy atom. The fourth-order valence-electron chi connectivity index (χ4n) is 3.84. The van der Waals surface area contributed by atoms with Gasteiger partial charge in [0, 0.05) is 27.4 Å². The molecular formula is C27H21Cl2N3O. The molecule has 164 valence electrons. The highest BCUT2D eigenvalue weighted by molar-refractivity contribution is 6.30. The first-order valence-electron chi connectivity index (χ1n) is 10.7. The number of aryl methyl sites for hydroxylation is 1. The van der Waals surface area contributed by atoms with Crippen LogP contribution in [0.5, 0.6) is 5.75 Å². The number of hydrogen-bond acceptors (Lipinski definition) is 3. The van der Waals surface area contributed by atoms with Gasteiger partial charge in [-0.3, -0.25) is 0 Å². The summed E-state index contributed by atoms with van der Waals surface area (Å²) in [7, 11) is 0. The number of benzene rings is 3. The van der Waals surface area contributed by atoms with Gasteiger partial charge in [-0.1, -0.05) is 54.4 Å². The minimum Gasteiger partial charge on any atom is -0.489 e. The molecule has 33 heavy (non-hydrogen) atoms. The normalized spacial score (nSPS) is 11.1. The van der Waals surface area contributed by atoms with Crippen molar-refractivity contribution in [3.8, 4) is 28.1 Å². The SMILES string of the molecule is CCc1nn2c(-c3ccc(OCc4ccc(Cl)cc4)cc3)ccnc2c1-c1ccc(Cl)cc1. The lowest BCUT2D eigenvalue weighted by atomic mass is 10.0. The molecule has 0 radical (unpaired) electrons. The first-order chi connectivity index (χ1) is 16.1. The Morgan fingerprint density at radius 2 is 1.42 bits per heavy atom. The van der Waals surface area contributed by atoms with Crippen LogP contribution in [0.25, 0.3) is 28.0 Å². The number of ether oxygens (including phenoxy) is 1.